The molecule has 4 heteroatoms. The van der Waals surface area contributed by atoms with Crippen molar-refractivity contribution in [2.24, 2.45) is 0 Å². The molecule has 0 radical (unpaired) electrons. The zero-order chi connectivity index (χ0) is 8.55. The number of nitrogens with zero attached hydrogens (tertiary/aromatic N) is 1. The summed E-state index contributed by atoms with van der Waals surface area (Å²) < 4.78 is 0. The van der Waals surface area contributed by atoms with Crippen LogP contribution in [0.4, 0.5) is 0 Å². The lowest BCUT2D eigenvalue weighted by Crippen LogP contribution is -2.22. The smallest absolute Gasteiger partial charge is 0.0921 e. The van der Waals surface area contributed by atoms with Gasteiger partial charge < -0.3 is 4.98 Å². The first-order valence-electron chi connectivity index (χ1n) is 4.18. The van der Waals surface area contributed by atoms with Gasteiger partial charge in [0.05, 0.1) is 12.4 Å². The van der Waals surface area contributed by atoms with Crippen LogP contribution in [0.5, 0.6) is 0 Å². The molecule has 0 amide bonds. The molecular weight excluding hydrogens is 154 g/mol. The molecule has 2 rings (SSSR count). The van der Waals surface area contributed by atoms with Gasteiger partial charge in [-0.3, -0.25) is 4.84 Å². The van der Waals surface area contributed by atoms with Crippen molar-refractivity contribution < 1.29 is 4.84 Å². The zero-order valence-electron chi connectivity index (χ0n) is 7.24. The van der Waals surface area contributed by atoms with Crippen LogP contribution in [-0.4, -0.2) is 22.1 Å². The summed E-state index contributed by atoms with van der Waals surface area (Å²) >= 11 is 0. The van der Waals surface area contributed by atoms with Crippen LogP contribution >= 0.6 is 0 Å². The molecular formula is C8H13N3O. The molecule has 2 heterocycles. The van der Waals surface area contributed by atoms with Gasteiger partial charge in [-0.2, -0.15) is 5.48 Å². The predicted molar refractivity (Wildman–Crippen MR) is 44.5 cm³/mol. The van der Waals surface area contributed by atoms with Crippen LogP contribution in [-0.2, 0) is 4.84 Å². The van der Waals surface area contributed by atoms with Gasteiger partial charge in [-0.25, -0.2) is 4.98 Å². The lowest BCUT2D eigenvalue weighted by atomic mass is 9.95. The van der Waals surface area contributed by atoms with Crippen molar-refractivity contribution in [1.29, 1.82) is 0 Å². The first-order chi connectivity index (χ1) is 5.79. The normalized spacial score (nSPS) is 35.7. The summed E-state index contributed by atoms with van der Waals surface area (Å²) in [7, 11) is 0. The highest BCUT2D eigenvalue weighted by Crippen LogP contribution is 2.27. The molecule has 1 unspecified atom stereocenters. The van der Waals surface area contributed by atoms with Crippen LogP contribution in [0.25, 0.3) is 0 Å². The number of hydrogen-bond donors (Lipinski definition) is 2. The molecule has 0 bridgehead atoms. The number of nitrogens with one attached hydrogen (secondary N) is 2. The number of aromatic amines is 1. The SMILES string of the molecule is C[C@@H]1NO[C@H](C)C1c1cnc[nH]1. The highest BCUT2D eigenvalue weighted by atomic mass is 16.7. The number of H-pyrrole nitrogens is 1. The predicted octanol–water partition coefficient (Wildman–Crippen LogP) is 0.805. The van der Waals surface area contributed by atoms with Crippen LogP contribution < -0.4 is 5.48 Å². The average Bonchev–Trinajstić information content (AvgIpc) is 2.61. The van der Waals surface area contributed by atoms with Crippen LogP contribution in [0.15, 0.2) is 12.5 Å². The van der Waals surface area contributed by atoms with Crippen molar-refractivity contribution >= 4 is 0 Å². The van der Waals surface area contributed by atoms with E-state index < -0.39 is 0 Å². The van der Waals surface area contributed by atoms with Gasteiger partial charge >= 0.3 is 0 Å². The topological polar surface area (TPSA) is 49.9 Å². The van der Waals surface area contributed by atoms with Crippen LogP contribution in [0.1, 0.15) is 25.5 Å². The molecule has 66 valence electrons. The first-order valence-corrected chi connectivity index (χ1v) is 4.18. The van der Waals surface area contributed by atoms with Gasteiger partial charge in [-0.15, -0.1) is 0 Å². The third-order valence-electron chi connectivity index (χ3n) is 2.36. The first kappa shape index (κ1) is 7.76. The molecule has 1 saturated heterocycles. The number of hydrogen-bond acceptors (Lipinski definition) is 3. The zero-order valence-corrected chi connectivity index (χ0v) is 7.24. The molecule has 1 aliphatic rings. The van der Waals surface area contributed by atoms with E-state index in [4.69, 9.17) is 4.84 Å². The standard InChI is InChI=1S/C8H13N3O/c1-5-8(6(2)12-11-5)7-3-9-4-10-7/h3-6,8,11H,1-2H3,(H,9,10)/t5-,6+,8?/m0/s1. The van der Waals surface area contributed by atoms with Crippen LogP contribution in [0.2, 0.25) is 0 Å². The molecule has 2 N–H and O–H groups in total. The fourth-order valence-corrected chi connectivity index (χ4v) is 1.74. The van der Waals surface area contributed by atoms with Crippen molar-refractivity contribution in [3.8, 4) is 0 Å². The quantitative estimate of drug-likeness (QED) is 0.650. The van der Waals surface area contributed by atoms with Crippen molar-refractivity contribution in [3.63, 3.8) is 0 Å². The Labute approximate surface area is 71.3 Å². The fourth-order valence-electron chi connectivity index (χ4n) is 1.74. The third-order valence-corrected chi connectivity index (χ3v) is 2.36. The molecule has 0 spiro atoms. The van der Waals surface area contributed by atoms with E-state index in [1.54, 1.807) is 6.33 Å². The second-order valence-corrected chi connectivity index (χ2v) is 3.26. The Morgan fingerprint density at radius 1 is 1.50 bits per heavy atom. The summed E-state index contributed by atoms with van der Waals surface area (Å²) in [6, 6.07) is 0.348. The molecule has 12 heavy (non-hydrogen) atoms. The van der Waals surface area contributed by atoms with Crippen molar-refractivity contribution in [2.75, 3.05) is 0 Å². The van der Waals surface area contributed by atoms with E-state index in [1.165, 1.54) is 0 Å². The minimum absolute atomic E-state index is 0.209. The Hall–Kier alpha value is -0.870. The highest BCUT2D eigenvalue weighted by Gasteiger charge is 2.33. The number of aromatic nitrogens is 2. The van der Waals surface area contributed by atoms with E-state index in [0.717, 1.165) is 5.69 Å². The van der Waals surface area contributed by atoms with Crippen molar-refractivity contribution in [2.45, 2.75) is 31.9 Å². The van der Waals surface area contributed by atoms with Gasteiger partial charge in [-0.1, -0.05) is 0 Å². The molecule has 1 aromatic heterocycles. The fraction of sp³-hybridized carbons (Fsp3) is 0.625. The monoisotopic (exact) mass is 167 g/mol. The second-order valence-electron chi connectivity index (χ2n) is 3.26. The van der Waals surface area contributed by atoms with Crippen molar-refractivity contribution in [3.05, 3.63) is 18.2 Å². The van der Waals surface area contributed by atoms with Gasteiger partial charge in [0.25, 0.3) is 0 Å². The highest BCUT2D eigenvalue weighted by molar-refractivity contribution is 5.10. The van der Waals surface area contributed by atoms with Gasteiger partial charge in [0.15, 0.2) is 0 Å². The number of rotatable bonds is 1. The van der Waals surface area contributed by atoms with Crippen LogP contribution in [0.3, 0.4) is 0 Å². The molecule has 3 atom stereocenters. The molecule has 0 aliphatic carbocycles. The Bertz CT molecular complexity index is 237. The number of hydroxylamine groups is 1. The molecule has 1 aromatic rings. The summed E-state index contributed by atoms with van der Waals surface area (Å²) in [6.45, 7) is 4.16. The van der Waals surface area contributed by atoms with E-state index >= 15 is 0 Å². The maximum Gasteiger partial charge on any atom is 0.0921 e. The van der Waals surface area contributed by atoms with E-state index in [2.05, 4.69) is 29.3 Å². The average molecular weight is 167 g/mol. The van der Waals surface area contributed by atoms with Gasteiger partial charge in [0.2, 0.25) is 0 Å². The summed E-state index contributed by atoms with van der Waals surface area (Å²) in [6.07, 6.45) is 3.77. The summed E-state index contributed by atoms with van der Waals surface area (Å²) in [5, 5.41) is 0. The largest absolute Gasteiger partial charge is 0.348 e. The molecule has 1 fully saturated rings. The number of imidazole rings is 1. The van der Waals surface area contributed by atoms with Gasteiger partial charge in [0.1, 0.15) is 0 Å². The lowest BCUT2D eigenvalue weighted by Gasteiger charge is -2.13. The summed E-state index contributed by atoms with van der Waals surface area (Å²) in [5.41, 5.74) is 4.10. The van der Waals surface area contributed by atoms with E-state index in [-0.39, 0.29) is 6.10 Å². The molecule has 0 saturated carbocycles. The summed E-state index contributed by atoms with van der Waals surface area (Å²) in [4.78, 5) is 12.4. The maximum atomic E-state index is 5.30. The Morgan fingerprint density at radius 2 is 2.33 bits per heavy atom. The van der Waals surface area contributed by atoms with Crippen LogP contribution in [0, 0.1) is 0 Å². The minimum Gasteiger partial charge on any atom is -0.348 e. The van der Waals surface area contributed by atoms with Crippen molar-refractivity contribution in [1.82, 2.24) is 15.4 Å². The molecule has 4 nitrogen and oxygen atoms in total. The molecule has 1 aliphatic heterocycles. The van der Waals surface area contributed by atoms with Gasteiger partial charge in [0, 0.05) is 23.9 Å². The van der Waals surface area contributed by atoms with E-state index in [1.807, 2.05) is 6.20 Å². The van der Waals surface area contributed by atoms with E-state index in [9.17, 15) is 0 Å². The molecule has 0 aromatic carbocycles. The Kier molecular flexibility index (Phi) is 1.86. The lowest BCUT2D eigenvalue weighted by molar-refractivity contribution is 0.0352. The second kappa shape index (κ2) is 2.88. The summed E-state index contributed by atoms with van der Waals surface area (Å²) in [5.74, 6) is 0.382. The Balaban J connectivity index is 2.22. The minimum atomic E-state index is 0.209. The van der Waals surface area contributed by atoms with Gasteiger partial charge in [-0.05, 0) is 13.8 Å². The Morgan fingerprint density at radius 3 is 2.83 bits per heavy atom. The maximum absolute atomic E-state index is 5.30. The third kappa shape index (κ3) is 1.13. The van der Waals surface area contributed by atoms with E-state index in [0.29, 0.717) is 12.0 Å².